The lowest BCUT2D eigenvalue weighted by Crippen LogP contribution is -2.19. The van der Waals surface area contributed by atoms with E-state index in [0.717, 1.165) is 5.56 Å². The molecule has 1 aliphatic heterocycles. The van der Waals surface area contributed by atoms with Gasteiger partial charge in [-0.1, -0.05) is 30.3 Å². The minimum atomic E-state index is -0.664. The van der Waals surface area contributed by atoms with Crippen LogP contribution in [0, 0.1) is 0 Å². The van der Waals surface area contributed by atoms with Crippen LogP contribution in [0.3, 0.4) is 0 Å². The van der Waals surface area contributed by atoms with E-state index in [-0.39, 0.29) is 12.1 Å². The van der Waals surface area contributed by atoms with Crippen molar-refractivity contribution in [2.45, 2.75) is 25.6 Å². The van der Waals surface area contributed by atoms with Crippen LogP contribution < -0.4 is 4.74 Å². The molecule has 0 amide bonds. The van der Waals surface area contributed by atoms with Crippen molar-refractivity contribution in [2.75, 3.05) is 6.61 Å². The molecule has 0 unspecified atom stereocenters. The predicted molar refractivity (Wildman–Crippen MR) is 81.8 cm³/mol. The van der Waals surface area contributed by atoms with Gasteiger partial charge in [0.25, 0.3) is 0 Å². The molecule has 2 atom stereocenters. The van der Waals surface area contributed by atoms with Gasteiger partial charge < -0.3 is 14.6 Å². The molecule has 2 aromatic carbocycles. The van der Waals surface area contributed by atoms with E-state index in [0.29, 0.717) is 29.9 Å². The van der Waals surface area contributed by atoms with E-state index in [9.17, 15) is 9.90 Å². The smallest absolute Gasteiger partial charge is 0.338 e. The number of rotatable bonds is 3. The van der Waals surface area contributed by atoms with E-state index in [1.165, 1.54) is 0 Å². The van der Waals surface area contributed by atoms with E-state index in [2.05, 4.69) is 0 Å². The first kappa shape index (κ1) is 14.6. The van der Waals surface area contributed by atoms with Crippen molar-refractivity contribution in [2.24, 2.45) is 0 Å². The van der Waals surface area contributed by atoms with Crippen LogP contribution in [-0.2, 0) is 4.74 Å². The molecule has 0 spiro atoms. The Morgan fingerprint density at radius 2 is 2.05 bits per heavy atom. The van der Waals surface area contributed by atoms with Crippen LogP contribution in [0.4, 0.5) is 0 Å². The van der Waals surface area contributed by atoms with Gasteiger partial charge in [-0.05, 0) is 30.7 Å². The fourth-order valence-electron chi connectivity index (χ4n) is 2.66. The summed E-state index contributed by atoms with van der Waals surface area (Å²) >= 11 is 0. The SMILES string of the molecule is CCOC(=O)c1ccc2c(c1)[C@@H](O)C[C@@H](c1ccccc1)O2. The van der Waals surface area contributed by atoms with Crippen molar-refractivity contribution in [1.29, 1.82) is 0 Å². The average molecular weight is 298 g/mol. The average Bonchev–Trinajstić information content (AvgIpc) is 2.55. The second kappa shape index (κ2) is 6.20. The highest BCUT2D eigenvalue weighted by atomic mass is 16.5. The molecule has 1 N–H and O–H groups in total. The maximum atomic E-state index is 11.8. The molecule has 0 saturated heterocycles. The molecule has 0 saturated carbocycles. The summed E-state index contributed by atoms with van der Waals surface area (Å²) in [5.74, 6) is 0.225. The maximum Gasteiger partial charge on any atom is 0.338 e. The predicted octanol–water partition coefficient (Wildman–Crippen LogP) is 3.42. The molecule has 2 aromatic rings. The van der Waals surface area contributed by atoms with Crippen molar-refractivity contribution < 1.29 is 19.4 Å². The van der Waals surface area contributed by atoms with Crippen LogP contribution in [0.1, 0.15) is 47.0 Å². The fraction of sp³-hybridized carbons (Fsp3) is 0.278. The Morgan fingerprint density at radius 3 is 2.77 bits per heavy atom. The molecule has 0 aromatic heterocycles. The number of ether oxygens (including phenoxy) is 2. The third-order valence-corrected chi connectivity index (χ3v) is 3.76. The van der Waals surface area contributed by atoms with E-state index in [1.54, 1.807) is 25.1 Å². The van der Waals surface area contributed by atoms with Crippen LogP contribution in [0.25, 0.3) is 0 Å². The quantitative estimate of drug-likeness (QED) is 0.882. The minimum Gasteiger partial charge on any atom is -0.485 e. The summed E-state index contributed by atoms with van der Waals surface area (Å²) in [4.78, 5) is 11.8. The molecule has 4 heteroatoms. The number of carbonyl (C=O) groups excluding carboxylic acids is 1. The number of fused-ring (bicyclic) bond motifs is 1. The molecule has 0 fully saturated rings. The minimum absolute atomic E-state index is 0.183. The van der Waals surface area contributed by atoms with E-state index < -0.39 is 6.10 Å². The van der Waals surface area contributed by atoms with Crippen LogP contribution in [0.15, 0.2) is 48.5 Å². The monoisotopic (exact) mass is 298 g/mol. The number of esters is 1. The lowest BCUT2D eigenvalue weighted by atomic mass is 9.94. The molecule has 114 valence electrons. The Bertz CT molecular complexity index is 666. The van der Waals surface area contributed by atoms with Crippen molar-refractivity contribution >= 4 is 5.97 Å². The number of hydrogen-bond donors (Lipinski definition) is 1. The highest BCUT2D eigenvalue weighted by Crippen LogP contribution is 2.41. The lowest BCUT2D eigenvalue weighted by molar-refractivity contribution is 0.0522. The van der Waals surface area contributed by atoms with Crippen molar-refractivity contribution in [3.05, 3.63) is 65.2 Å². The van der Waals surface area contributed by atoms with Crippen LogP contribution in [0.5, 0.6) is 5.75 Å². The Balaban J connectivity index is 1.87. The Morgan fingerprint density at radius 1 is 1.27 bits per heavy atom. The van der Waals surface area contributed by atoms with E-state index >= 15 is 0 Å². The van der Waals surface area contributed by atoms with Crippen LogP contribution in [-0.4, -0.2) is 17.7 Å². The zero-order valence-corrected chi connectivity index (χ0v) is 12.4. The maximum absolute atomic E-state index is 11.8. The zero-order valence-electron chi connectivity index (χ0n) is 12.4. The second-order valence-corrected chi connectivity index (χ2v) is 5.24. The van der Waals surface area contributed by atoms with Gasteiger partial charge in [0.05, 0.1) is 18.3 Å². The fourth-order valence-corrected chi connectivity index (χ4v) is 2.66. The van der Waals surface area contributed by atoms with Crippen LogP contribution >= 0.6 is 0 Å². The van der Waals surface area contributed by atoms with Gasteiger partial charge in [0, 0.05) is 12.0 Å². The van der Waals surface area contributed by atoms with Gasteiger partial charge in [0.15, 0.2) is 0 Å². The Labute approximate surface area is 129 Å². The normalized spacial score (nSPS) is 19.9. The van der Waals surface area contributed by atoms with Gasteiger partial charge in [0.2, 0.25) is 0 Å². The molecule has 1 aliphatic rings. The molecule has 0 bridgehead atoms. The first-order valence-corrected chi connectivity index (χ1v) is 7.39. The third-order valence-electron chi connectivity index (χ3n) is 3.76. The third kappa shape index (κ3) is 2.83. The largest absolute Gasteiger partial charge is 0.485 e. The van der Waals surface area contributed by atoms with Gasteiger partial charge in [-0.15, -0.1) is 0 Å². The summed E-state index contributed by atoms with van der Waals surface area (Å²) in [6.45, 7) is 2.09. The highest BCUT2D eigenvalue weighted by molar-refractivity contribution is 5.90. The Hall–Kier alpha value is -2.33. The standard InChI is InChI=1S/C18H18O4/c1-2-21-18(20)13-8-9-16-14(10-13)15(19)11-17(22-16)12-6-4-3-5-7-12/h3-10,15,17,19H,2,11H2,1H3/t15-,17-/m0/s1. The van der Waals surface area contributed by atoms with E-state index in [1.807, 2.05) is 30.3 Å². The molecule has 0 radical (unpaired) electrons. The number of aliphatic hydroxyl groups excluding tert-OH is 1. The summed E-state index contributed by atoms with van der Waals surface area (Å²) in [5.41, 5.74) is 2.10. The number of aliphatic hydroxyl groups is 1. The number of hydrogen-bond acceptors (Lipinski definition) is 4. The summed E-state index contributed by atoms with van der Waals surface area (Å²) in [6, 6.07) is 14.8. The highest BCUT2D eigenvalue weighted by Gasteiger charge is 2.28. The van der Waals surface area contributed by atoms with E-state index in [4.69, 9.17) is 9.47 Å². The molecule has 22 heavy (non-hydrogen) atoms. The number of carbonyl (C=O) groups is 1. The van der Waals surface area contributed by atoms with Gasteiger partial charge in [-0.2, -0.15) is 0 Å². The summed E-state index contributed by atoms with van der Waals surface area (Å²) in [5, 5.41) is 10.4. The Kier molecular flexibility index (Phi) is 4.11. The van der Waals surface area contributed by atoms with Crippen molar-refractivity contribution in [1.82, 2.24) is 0 Å². The van der Waals surface area contributed by atoms with Crippen molar-refractivity contribution in [3.63, 3.8) is 0 Å². The van der Waals surface area contributed by atoms with Gasteiger partial charge in [0.1, 0.15) is 11.9 Å². The topological polar surface area (TPSA) is 55.8 Å². The zero-order chi connectivity index (χ0) is 15.5. The summed E-state index contributed by atoms with van der Waals surface area (Å²) in [7, 11) is 0. The summed E-state index contributed by atoms with van der Waals surface area (Å²) < 4.78 is 11.0. The summed E-state index contributed by atoms with van der Waals surface area (Å²) in [6.07, 6.45) is -0.385. The lowest BCUT2D eigenvalue weighted by Gasteiger charge is -2.30. The first-order chi connectivity index (χ1) is 10.7. The molecule has 3 rings (SSSR count). The van der Waals surface area contributed by atoms with Crippen LogP contribution in [0.2, 0.25) is 0 Å². The molecule has 1 heterocycles. The number of benzene rings is 2. The second-order valence-electron chi connectivity index (χ2n) is 5.24. The van der Waals surface area contributed by atoms with Gasteiger partial charge >= 0.3 is 5.97 Å². The van der Waals surface area contributed by atoms with Crippen molar-refractivity contribution in [3.8, 4) is 5.75 Å². The van der Waals surface area contributed by atoms with Gasteiger partial charge in [-0.25, -0.2) is 4.79 Å². The molecule has 4 nitrogen and oxygen atoms in total. The molecule has 0 aliphatic carbocycles. The molecular weight excluding hydrogens is 280 g/mol. The molecular formula is C18H18O4. The first-order valence-electron chi connectivity index (χ1n) is 7.39. The van der Waals surface area contributed by atoms with Gasteiger partial charge in [-0.3, -0.25) is 0 Å².